The Morgan fingerprint density at radius 2 is 2.10 bits per heavy atom. The van der Waals surface area contributed by atoms with Crippen LogP contribution in [-0.4, -0.2) is 29.1 Å². The molecule has 5 heteroatoms. The van der Waals surface area contributed by atoms with Crippen molar-refractivity contribution in [3.8, 4) is 0 Å². The fourth-order valence-corrected chi connectivity index (χ4v) is 2.97. The van der Waals surface area contributed by atoms with Crippen LogP contribution in [0.25, 0.3) is 11.0 Å². The number of amides is 2. The zero-order valence-electron chi connectivity index (χ0n) is 12.6. The smallest absolute Gasteiger partial charge is 0.321 e. The number of carbonyl (C=O) groups is 1. The maximum Gasteiger partial charge on any atom is 0.321 e. The number of aryl methyl sites for hydroxylation is 1. The van der Waals surface area contributed by atoms with Gasteiger partial charge in [0.05, 0.1) is 11.0 Å². The van der Waals surface area contributed by atoms with E-state index in [0.29, 0.717) is 6.04 Å². The van der Waals surface area contributed by atoms with Crippen molar-refractivity contribution in [2.45, 2.75) is 45.1 Å². The molecule has 21 heavy (non-hydrogen) atoms. The number of carbonyl (C=O) groups excluding carboxylic acids is 1. The van der Waals surface area contributed by atoms with E-state index >= 15 is 0 Å². The van der Waals surface area contributed by atoms with Crippen LogP contribution in [0.2, 0.25) is 0 Å². The number of H-pyrrole nitrogens is 1. The monoisotopic (exact) mass is 286 g/mol. The molecule has 1 saturated carbocycles. The average Bonchev–Trinajstić information content (AvgIpc) is 2.86. The second-order valence-electron chi connectivity index (χ2n) is 5.87. The molecule has 1 aromatic carbocycles. The second-order valence-corrected chi connectivity index (χ2v) is 5.87. The number of hydrogen-bond donors (Lipinski definition) is 2. The van der Waals surface area contributed by atoms with Gasteiger partial charge in [0.2, 0.25) is 0 Å². The Balaban J connectivity index is 1.72. The van der Waals surface area contributed by atoms with Gasteiger partial charge in [-0.3, -0.25) is 4.90 Å². The summed E-state index contributed by atoms with van der Waals surface area (Å²) in [5.74, 6) is 0.886. The molecule has 1 aliphatic carbocycles. The third-order valence-corrected chi connectivity index (χ3v) is 4.21. The predicted molar refractivity (Wildman–Crippen MR) is 84.6 cm³/mol. The Morgan fingerprint density at radius 1 is 1.33 bits per heavy atom. The van der Waals surface area contributed by atoms with Crippen molar-refractivity contribution >= 4 is 22.8 Å². The van der Waals surface area contributed by atoms with Gasteiger partial charge in [-0.2, -0.15) is 0 Å². The summed E-state index contributed by atoms with van der Waals surface area (Å²) in [5.41, 5.74) is 2.76. The minimum Gasteiger partial charge on any atom is -0.342 e. The lowest BCUT2D eigenvalue weighted by atomic mass is 9.96. The highest BCUT2D eigenvalue weighted by Gasteiger charge is 2.18. The van der Waals surface area contributed by atoms with Crippen LogP contribution in [0.1, 0.15) is 37.9 Å². The van der Waals surface area contributed by atoms with Crippen LogP contribution >= 0.6 is 0 Å². The van der Waals surface area contributed by atoms with Gasteiger partial charge in [-0.05, 0) is 38.0 Å². The van der Waals surface area contributed by atoms with Gasteiger partial charge in [-0.25, -0.2) is 9.78 Å². The molecule has 3 rings (SSSR count). The number of imidazole rings is 1. The molecule has 0 atom stereocenters. The van der Waals surface area contributed by atoms with Crippen molar-refractivity contribution < 1.29 is 4.79 Å². The zero-order chi connectivity index (χ0) is 14.8. The van der Waals surface area contributed by atoms with E-state index < -0.39 is 0 Å². The van der Waals surface area contributed by atoms with Gasteiger partial charge in [-0.1, -0.05) is 19.3 Å². The Bertz CT molecular complexity index is 643. The van der Waals surface area contributed by atoms with Gasteiger partial charge in [0.1, 0.15) is 5.82 Å². The zero-order valence-corrected chi connectivity index (χ0v) is 12.6. The highest BCUT2D eigenvalue weighted by molar-refractivity contribution is 5.93. The standard InChI is InChI=1S/C16H22N4O/c1-11-17-14-9-8-13(10-15(14)18-11)20(2)16(21)19-12-6-4-3-5-7-12/h8-10,12H,3-7H2,1-2H3,(H,17,18)(H,19,21). The Hall–Kier alpha value is -2.04. The quantitative estimate of drug-likeness (QED) is 0.889. The molecule has 5 nitrogen and oxygen atoms in total. The van der Waals surface area contributed by atoms with Gasteiger partial charge < -0.3 is 10.3 Å². The Labute approximate surface area is 124 Å². The summed E-state index contributed by atoms with van der Waals surface area (Å²) in [7, 11) is 1.81. The van der Waals surface area contributed by atoms with E-state index in [1.165, 1.54) is 19.3 Å². The minimum absolute atomic E-state index is 0.0301. The minimum atomic E-state index is -0.0301. The fourth-order valence-electron chi connectivity index (χ4n) is 2.97. The third-order valence-electron chi connectivity index (χ3n) is 4.21. The Morgan fingerprint density at radius 3 is 2.86 bits per heavy atom. The summed E-state index contributed by atoms with van der Waals surface area (Å²) in [6.45, 7) is 1.93. The lowest BCUT2D eigenvalue weighted by Gasteiger charge is -2.26. The molecule has 1 fully saturated rings. The maximum absolute atomic E-state index is 12.3. The number of nitrogens with one attached hydrogen (secondary N) is 2. The van der Waals surface area contributed by atoms with Gasteiger partial charge in [0.15, 0.2) is 0 Å². The molecule has 0 aliphatic heterocycles. The maximum atomic E-state index is 12.3. The summed E-state index contributed by atoms with van der Waals surface area (Å²) >= 11 is 0. The lowest BCUT2D eigenvalue weighted by molar-refractivity contribution is 0.239. The highest BCUT2D eigenvalue weighted by atomic mass is 16.2. The van der Waals surface area contributed by atoms with Crippen LogP contribution in [0.15, 0.2) is 18.2 Å². The SMILES string of the molecule is Cc1nc2ccc(N(C)C(=O)NC3CCCCC3)cc2[nH]1. The van der Waals surface area contributed by atoms with Crippen LogP contribution in [0.5, 0.6) is 0 Å². The summed E-state index contributed by atoms with van der Waals surface area (Å²) in [5, 5.41) is 3.13. The summed E-state index contributed by atoms with van der Waals surface area (Å²) in [4.78, 5) is 21.6. The summed E-state index contributed by atoms with van der Waals surface area (Å²) in [6.07, 6.45) is 5.91. The molecule has 2 N–H and O–H groups in total. The molecule has 0 unspecified atom stereocenters. The number of aromatic amines is 1. The first-order valence-electron chi connectivity index (χ1n) is 7.64. The lowest BCUT2D eigenvalue weighted by Crippen LogP contribution is -2.43. The molecule has 2 aromatic rings. The third kappa shape index (κ3) is 3.01. The Kier molecular flexibility index (Phi) is 3.82. The van der Waals surface area contributed by atoms with Crippen molar-refractivity contribution in [3.05, 3.63) is 24.0 Å². The van der Waals surface area contributed by atoms with Crippen molar-refractivity contribution in [3.63, 3.8) is 0 Å². The molecule has 1 heterocycles. The second kappa shape index (κ2) is 5.76. The number of urea groups is 1. The average molecular weight is 286 g/mol. The van der Waals surface area contributed by atoms with Gasteiger partial charge >= 0.3 is 6.03 Å². The first kappa shape index (κ1) is 13.9. The van der Waals surface area contributed by atoms with Crippen molar-refractivity contribution in [2.24, 2.45) is 0 Å². The van der Waals surface area contributed by atoms with E-state index in [9.17, 15) is 4.79 Å². The van der Waals surface area contributed by atoms with Crippen LogP contribution in [-0.2, 0) is 0 Å². The van der Waals surface area contributed by atoms with Crippen LogP contribution < -0.4 is 10.2 Å². The van der Waals surface area contributed by atoms with Gasteiger partial charge in [0, 0.05) is 18.8 Å². The van der Waals surface area contributed by atoms with Crippen molar-refractivity contribution in [1.29, 1.82) is 0 Å². The van der Waals surface area contributed by atoms with E-state index in [0.717, 1.165) is 35.4 Å². The van der Waals surface area contributed by atoms with Crippen LogP contribution in [0, 0.1) is 6.92 Å². The van der Waals surface area contributed by atoms with Crippen molar-refractivity contribution in [2.75, 3.05) is 11.9 Å². The van der Waals surface area contributed by atoms with E-state index in [1.54, 1.807) is 4.90 Å². The van der Waals surface area contributed by atoms with Gasteiger partial charge in [-0.15, -0.1) is 0 Å². The molecule has 0 bridgehead atoms. The first-order chi connectivity index (χ1) is 10.1. The van der Waals surface area contributed by atoms with E-state index in [1.807, 2.05) is 32.2 Å². The number of fused-ring (bicyclic) bond motifs is 1. The molecular formula is C16H22N4O. The van der Waals surface area contributed by atoms with E-state index in [-0.39, 0.29) is 6.03 Å². The number of anilines is 1. The molecule has 1 aromatic heterocycles. The van der Waals surface area contributed by atoms with E-state index in [4.69, 9.17) is 0 Å². The topological polar surface area (TPSA) is 61.0 Å². The molecule has 0 radical (unpaired) electrons. The molecule has 1 aliphatic rings. The van der Waals surface area contributed by atoms with Crippen LogP contribution in [0.4, 0.5) is 10.5 Å². The van der Waals surface area contributed by atoms with Gasteiger partial charge in [0.25, 0.3) is 0 Å². The number of nitrogens with zero attached hydrogens (tertiary/aromatic N) is 2. The summed E-state index contributed by atoms with van der Waals surface area (Å²) < 4.78 is 0. The predicted octanol–water partition coefficient (Wildman–Crippen LogP) is 3.35. The van der Waals surface area contributed by atoms with Crippen molar-refractivity contribution in [1.82, 2.24) is 15.3 Å². The first-order valence-corrected chi connectivity index (χ1v) is 7.64. The normalized spacial score (nSPS) is 16.1. The molecule has 112 valence electrons. The molecule has 0 saturated heterocycles. The molecule has 0 spiro atoms. The van der Waals surface area contributed by atoms with Crippen LogP contribution in [0.3, 0.4) is 0 Å². The summed E-state index contributed by atoms with van der Waals surface area (Å²) in [6, 6.07) is 6.14. The largest absolute Gasteiger partial charge is 0.342 e. The molecular weight excluding hydrogens is 264 g/mol. The van der Waals surface area contributed by atoms with E-state index in [2.05, 4.69) is 15.3 Å². The molecule has 2 amide bonds. The number of benzene rings is 1. The fraction of sp³-hybridized carbons (Fsp3) is 0.500. The number of aromatic nitrogens is 2. The number of hydrogen-bond acceptors (Lipinski definition) is 2. The number of rotatable bonds is 2. The highest BCUT2D eigenvalue weighted by Crippen LogP contribution is 2.21.